The molecule has 0 saturated carbocycles. The van der Waals surface area contributed by atoms with Crippen LogP contribution in [0.5, 0.6) is 23.0 Å². The van der Waals surface area contributed by atoms with Crippen LogP contribution in [0, 0.1) is 0 Å². The first-order valence-corrected chi connectivity index (χ1v) is 14.0. The van der Waals surface area contributed by atoms with Gasteiger partial charge in [0, 0.05) is 12.1 Å². The number of hydrogen-bond acceptors (Lipinski definition) is 12. The maximum absolute atomic E-state index is 13.2. The Morgan fingerprint density at radius 2 is 1.54 bits per heavy atom. The number of halogens is 3. The molecule has 5 N–H and O–H groups in total. The van der Waals surface area contributed by atoms with Gasteiger partial charge in [-0.2, -0.15) is 13.2 Å². The summed E-state index contributed by atoms with van der Waals surface area (Å²) < 4.78 is 49.3. The predicted octanol–water partition coefficient (Wildman–Crippen LogP) is 3.18. The molecule has 4 rings (SSSR count). The van der Waals surface area contributed by atoms with Crippen LogP contribution in [0.3, 0.4) is 0 Å². The molecule has 0 radical (unpaired) electrons. The number of benzene rings is 3. The van der Waals surface area contributed by atoms with Crippen LogP contribution in [-0.4, -0.2) is 93.6 Å². The summed E-state index contributed by atoms with van der Waals surface area (Å²) in [4.78, 5) is 67.0. The zero-order chi connectivity index (χ0) is 35.3. The Morgan fingerprint density at radius 1 is 0.896 bits per heavy atom. The van der Waals surface area contributed by atoms with E-state index < -0.39 is 94.0 Å². The van der Waals surface area contributed by atoms with Gasteiger partial charge in [0.1, 0.15) is 34.7 Å². The number of carbonyl (C=O) groups excluding carboxylic acids is 4. The van der Waals surface area contributed by atoms with Crippen molar-refractivity contribution >= 4 is 29.6 Å². The molecule has 14 nitrogen and oxygen atoms in total. The third kappa shape index (κ3) is 7.92. The number of phenols is 3. The minimum atomic E-state index is -5.31. The molecule has 17 heteroatoms. The lowest BCUT2D eigenvalue weighted by Crippen LogP contribution is -2.50. The van der Waals surface area contributed by atoms with Crippen molar-refractivity contribution in [1.82, 2.24) is 10.4 Å². The van der Waals surface area contributed by atoms with Crippen LogP contribution >= 0.6 is 0 Å². The van der Waals surface area contributed by atoms with Crippen molar-refractivity contribution in [2.45, 2.75) is 31.2 Å². The molecule has 2 unspecified atom stereocenters. The van der Waals surface area contributed by atoms with Crippen molar-refractivity contribution in [2.24, 2.45) is 0 Å². The second-order valence-corrected chi connectivity index (χ2v) is 10.4. The number of nitrogens with one attached hydrogen (secondary N) is 1. The van der Waals surface area contributed by atoms with Gasteiger partial charge >= 0.3 is 24.1 Å². The quantitative estimate of drug-likeness (QED) is 0.163. The number of ketones is 1. The van der Waals surface area contributed by atoms with Gasteiger partial charge in [-0.1, -0.05) is 6.07 Å². The maximum Gasteiger partial charge on any atom is 0.492 e. The number of alkyl halides is 3. The Bertz CT molecular complexity index is 1720. The summed E-state index contributed by atoms with van der Waals surface area (Å²) in [5, 5.41) is 44.0. The summed E-state index contributed by atoms with van der Waals surface area (Å²) in [6.07, 6.45) is -6.60. The molecule has 1 aliphatic heterocycles. The zero-order valence-electron chi connectivity index (χ0n) is 24.8. The van der Waals surface area contributed by atoms with Crippen LogP contribution in [0.15, 0.2) is 54.6 Å². The van der Waals surface area contributed by atoms with Crippen LogP contribution in [0.25, 0.3) is 0 Å². The van der Waals surface area contributed by atoms with E-state index in [1.807, 2.05) is 0 Å². The highest BCUT2D eigenvalue weighted by atomic mass is 19.4. The maximum atomic E-state index is 13.2. The van der Waals surface area contributed by atoms with Gasteiger partial charge in [0.05, 0.1) is 36.4 Å². The van der Waals surface area contributed by atoms with Gasteiger partial charge < -0.3 is 40.1 Å². The molecule has 3 aromatic carbocycles. The van der Waals surface area contributed by atoms with Gasteiger partial charge in [-0.15, -0.1) is 5.06 Å². The standard InChI is InChI=1S/C31H27F3N2O12/c1-46-17-9-7-15(8-10-17)27(41)35-19-14-36(48-30(45)31(32,33)34)11-3-6-23(19)47-29(44)16-12-21(38)25(22(39)13-16)26(40)24-18(28(42)43)4-2-5-20(24)37/h2,4-5,7-10,12-13,19,23,37-39H,3,6,11,14H2,1H3,(H,35,41)(H,42,43). The van der Waals surface area contributed by atoms with E-state index in [2.05, 4.69) is 10.2 Å². The lowest BCUT2D eigenvalue weighted by atomic mass is 9.95. The number of esters is 1. The topological polar surface area (TPSA) is 209 Å². The second kappa shape index (κ2) is 14.3. The Labute approximate surface area is 268 Å². The van der Waals surface area contributed by atoms with Crippen LogP contribution in [0.1, 0.15) is 59.8 Å². The van der Waals surface area contributed by atoms with Crippen molar-refractivity contribution in [2.75, 3.05) is 20.2 Å². The monoisotopic (exact) mass is 676 g/mol. The first-order valence-electron chi connectivity index (χ1n) is 14.0. The number of phenolic OH excluding ortho intramolecular Hbond substituents is 3. The molecule has 2 atom stereocenters. The summed E-state index contributed by atoms with van der Waals surface area (Å²) in [7, 11) is 1.41. The zero-order valence-corrected chi connectivity index (χ0v) is 24.8. The molecule has 0 aromatic heterocycles. The summed E-state index contributed by atoms with van der Waals surface area (Å²) >= 11 is 0. The summed E-state index contributed by atoms with van der Waals surface area (Å²) in [5.74, 6) is -9.59. The first-order chi connectivity index (χ1) is 22.6. The molecule has 1 amide bonds. The molecule has 254 valence electrons. The first kappa shape index (κ1) is 35.0. The molecule has 1 heterocycles. The van der Waals surface area contributed by atoms with E-state index in [1.165, 1.54) is 31.4 Å². The van der Waals surface area contributed by atoms with Crippen molar-refractivity contribution in [1.29, 1.82) is 0 Å². The van der Waals surface area contributed by atoms with E-state index in [0.29, 0.717) is 10.8 Å². The van der Waals surface area contributed by atoms with Crippen molar-refractivity contribution in [3.05, 3.63) is 82.4 Å². The molecule has 0 spiro atoms. The van der Waals surface area contributed by atoms with E-state index in [1.54, 1.807) is 0 Å². The molecule has 48 heavy (non-hydrogen) atoms. The average molecular weight is 677 g/mol. The Kier molecular flexibility index (Phi) is 10.4. The van der Waals surface area contributed by atoms with E-state index in [4.69, 9.17) is 9.47 Å². The lowest BCUT2D eigenvalue weighted by molar-refractivity contribution is -0.239. The van der Waals surface area contributed by atoms with Crippen molar-refractivity contribution in [3.8, 4) is 23.0 Å². The highest BCUT2D eigenvalue weighted by Crippen LogP contribution is 2.35. The highest BCUT2D eigenvalue weighted by molar-refractivity contribution is 6.18. The number of methoxy groups -OCH3 is 1. The van der Waals surface area contributed by atoms with Gasteiger partial charge in [-0.05, 0) is 61.4 Å². The smallest absolute Gasteiger partial charge is 0.492 e. The predicted molar refractivity (Wildman–Crippen MR) is 155 cm³/mol. The largest absolute Gasteiger partial charge is 0.507 e. The number of nitrogens with zero attached hydrogens (tertiary/aromatic N) is 1. The van der Waals surface area contributed by atoms with Crippen molar-refractivity contribution < 1.29 is 71.9 Å². The minimum absolute atomic E-state index is 0.0222. The summed E-state index contributed by atoms with van der Waals surface area (Å²) in [6, 6.07) is 9.14. The molecule has 1 saturated heterocycles. The number of hydroxylamine groups is 2. The van der Waals surface area contributed by atoms with Crippen molar-refractivity contribution in [3.63, 3.8) is 0 Å². The van der Waals surface area contributed by atoms with Crippen LogP contribution in [0.2, 0.25) is 0 Å². The molecule has 0 bridgehead atoms. The lowest BCUT2D eigenvalue weighted by Gasteiger charge is -2.28. The number of aromatic hydroxyl groups is 3. The van der Waals surface area contributed by atoms with Gasteiger partial charge in [-0.25, -0.2) is 14.4 Å². The normalized spacial score (nSPS) is 16.7. The van der Waals surface area contributed by atoms with E-state index in [9.17, 15) is 57.6 Å². The molecule has 1 fully saturated rings. The summed E-state index contributed by atoms with van der Waals surface area (Å²) in [5.41, 5.74) is -2.61. The number of carbonyl (C=O) groups is 5. The van der Waals surface area contributed by atoms with Gasteiger partial charge in [0.15, 0.2) is 0 Å². The van der Waals surface area contributed by atoms with Crippen LogP contribution in [0.4, 0.5) is 13.2 Å². The molecule has 1 aliphatic rings. The molecule has 0 aliphatic carbocycles. The number of rotatable bonds is 9. The molecular formula is C31H27F3N2O12. The molecule has 3 aromatic rings. The number of ether oxygens (including phenoxy) is 2. The minimum Gasteiger partial charge on any atom is -0.507 e. The Morgan fingerprint density at radius 3 is 2.12 bits per heavy atom. The van der Waals surface area contributed by atoms with E-state index in [-0.39, 0.29) is 24.9 Å². The Balaban J connectivity index is 1.60. The number of carboxylic acids is 1. The number of carboxylic acid groups (broad SMARTS) is 1. The third-order valence-corrected chi connectivity index (χ3v) is 7.18. The highest BCUT2D eigenvalue weighted by Gasteiger charge is 2.44. The Hall–Kier alpha value is -5.84. The van der Waals surface area contributed by atoms with Crippen LogP contribution < -0.4 is 10.1 Å². The number of amides is 1. The van der Waals surface area contributed by atoms with Gasteiger partial charge in [0.2, 0.25) is 5.78 Å². The fraction of sp³-hybridized carbons (Fsp3) is 0.258. The van der Waals surface area contributed by atoms with Gasteiger partial charge in [0.25, 0.3) is 5.91 Å². The fourth-order valence-corrected chi connectivity index (χ4v) is 4.87. The summed E-state index contributed by atoms with van der Waals surface area (Å²) in [6.45, 7) is -0.772. The van der Waals surface area contributed by atoms with E-state index >= 15 is 0 Å². The second-order valence-electron chi connectivity index (χ2n) is 10.4. The average Bonchev–Trinajstić information content (AvgIpc) is 3.20. The van der Waals surface area contributed by atoms with Gasteiger partial charge in [-0.3, -0.25) is 9.59 Å². The SMILES string of the molecule is COc1ccc(C(=O)NC2CN(OC(=O)C(F)(F)F)CCCC2OC(=O)c2cc(O)c(C(=O)c3c(O)cccc3C(=O)O)c(O)c2)cc1. The fourth-order valence-electron chi connectivity index (χ4n) is 4.87. The van der Waals surface area contributed by atoms with Crippen LogP contribution in [-0.2, 0) is 14.4 Å². The molecular weight excluding hydrogens is 649 g/mol. The third-order valence-electron chi connectivity index (χ3n) is 7.18. The van der Waals surface area contributed by atoms with E-state index in [0.717, 1.165) is 30.3 Å². The number of hydrogen-bond donors (Lipinski definition) is 5. The number of aromatic carboxylic acids is 1.